The summed E-state index contributed by atoms with van der Waals surface area (Å²) in [4.78, 5) is 0. The normalized spacial score (nSPS) is 12.4. The van der Waals surface area contributed by atoms with E-state index >= 15 is 0 Å². The Hall–Kier alpha value is 0.965. The molecule has 0 aromatic rings. The molecule has 0 radical (unpaired) electrons. The van der Waals surface area contributed by atoms with Gasteiger partial charge in [0.2, 0.25) is 0 Å². The summed E-state index contributed by atoms with van der Waals surface area (Å²) in [5, 5.41) is 0.497. The van der Waals surface area contributed by atoms with E-state index in [4.69, 9.17) is 0 Å². The van der Waals surface area contributed by atoms with Crippen LogP contribution in [0.25, 0.3) is 0 Å². The molecule has 64 valence electrons. The number of hydrogen-bond acceptors (Lipinski definition) is 0. The number of allylic oxidation sites excluding steroid dienone is 1. The minimum Gasteiger partial charge on any atom is -0.152 e. The van der Waals surface area contributed by atoms with Crippen LogP contribution < -0.4 is 0 Å². The Morgan fingerprint density at radius 3 is 2.55 bits per heavy atom. The lowest BCUT2D eigenvalue weighted by Gasteiger charge is -2.24. The Morgan fingerprint density at radius 2 is 2.18 bits per heavy atom. The molecule has 0 amide bonds. The molecule has 0 bridgehead atoms. The van der Waals surface area contributed by atoms with Crippen LogP contribution >= 0.6 is 31.1 Å². The number of rotatable bonds is 5. The molecule has 1 unspecified atom stereocenters. The molecular formula is C8H17BIP. The molecule has 0 N–H and O–H groups in total. The molecular weight excluding hydrogens is 265 g/mol. The van der Waals surface area contributed by atoms with Gasteiger partial charge in [-0.2, -0.15) is 8.46 Å². The zero-order chi connectivity index (χ0) is 8.91. The van der Waals surface area contributed by atoms with Gasteiger partial charge in [0.1, 0.15) is 0 Å². The molecule has 0 aliphatic rings. The summed E-state index contributed by atoms with van der Waals surface area (Å²) >= 11 is 2.45. The second kappa shape index (κ2) is 5.58. The Kier molecular flexibility index (Phi) is 6.07. The van der Waals surface area contributed by atoms with Crippen LogP contribution in [0.4, 0.5) is 0 Å². The zero-order valence-electron chi connectivity index (χ0n) is 7.71. The molecule has 1 atom stereocenters. The highest BCUT2D eigenvalue weighted by atomic mass is 127. The minimum atomic E-state index is 0.497. The third kappa shape index (κ3) is 7.33. The monoisotopic (exact) mass is 282 g/mol. The van der Waals surface area contributed by atoms with Crippen LogP contribution in [-0.2, 0) is 0 Å². The predicted molar refractivity (Wildman–Crippen MR) is 67.9 cm³/mol. The van der Waals surface area contributed by atoms with Crippen molar-refractivity contribution in [2.75, 3.05) is 4.33 Å². The van der Waals surface area contributed by atoms with Crippen molar-refractivity contribution in [3.8, 4) is 0 Å². The lowest BCUT2D eigenvalue weighted by molar-refractivity contribution is 0.701. The Balaban J connectivity index is 3.70. The van der Waals surface area contributed by atoms with Gasteiger partial charge in [0, 0.05) is 0 Å². The van der Waals surface area contributed by atoms with Crippen molar-refractivity contribution in [1.29, 1.82) is 0 Å². The number of hydrogen-bond donors (Lipinski definition) is 0. The standard InChI is InChI=1S/C8H17BIP/c1-7(2)5-8(3,4)11-9-6-10/h9,11H,1,5-6H2,2-4H3. The highest BCUT2D eigenvalue weighted by molar-refractivity contribution is 14.1. The maximum Gasteiger partial charge on any atom is 0.160 e. The zero-order valence-corrected chi connectivity index (χ0v) is 10.9. The first-order valence-electron chi connectivity index (χ1n) is 3.93. The van der Waals surface area contributed by atoms with E-state index < -0.39 is 0 Å². The van der Waals surface area contributed by atoms with Crippen molar-refractivity contribution < 1.29 is 0 Å². The van der Waals surface area contributed by atoms with Crippen LogP contribution in [0, 0.1) is 0 Å². The van der Waals surface area contributed by atoms with E-state index in [0.717, 1.165) is 8.46 Å². The third-order valence-corrected chi connectivity index (χ3v) is 4.63. The molecule has 0 fully saturated rings. The third-order valence-electron chi connectivity index (χ3n) is 1.44. The summed E-state index contributed by atoms with van der Waals surface area (Å²) in [7, 11) is 1.08. The van der Waals surface area contributed by atoms with Gasteiger partial charge in [-0.25, -0.2) is 0 Å². The van der Waals surface area contributed by atoms with Crippen molar-refractivity contribution in [3.63, 3.8) is 0 Å². The van der Waals surface area contributed by atoms with Crippen molar-refractivity contribution in [1.82, 2.24) is 0 Å². The first kappa shape index (κ1) is 12.0. The van der Waals surface area contributed by atoms with Crippen LogP contribution in [0.5, 0.6) is 0 Å². The maximum absolute atomic E-state index is 3.95. The molecule has 0 aromatic carbocycles. The average Bonchev–Trinajstić information content (AvgIpc) is 1.81. The molecule has 0 aromatic heterocycles. The first-order chi connectivity index (χ1) is 4.98. The highest BCUT2D eigenvalue weighted by Gasteiger charge is 2.16. The van der Waals surface area contributed by atoms with Crippen molar-refractivity contribution >= 4 is 38.0 Å². The van der Waals surface area contributed by atoms with E-state index in [0.29, 0.717) is 5.16 Å². The highest BCUT2D eigenvalue weighted by Crippen LogP contribution is 2.34. The number of alkyl halides is 1. The topological polar surface area (TPSA) is 0 Å². The molecule has 0 aliphatic carbocycles. The first-order valence-corrected chi connectivity index (χ1v) is 6.66. The summed E-state index contributed by atoms with van der Waals surface area (Å²) in [6, 6.07) is 0. The Bertz CT molecular complexity index is 134. The molecule has 0 heterocycles. The molecule has 0 spiro atoms. The van der Waals surface area contributed by atoms with E-state index in [1.165, 1.54) is 23.3 Å². The van der Waals surface area contributed by atoms with Gasteiger partial charge >= 0.3 is 0 Å². The molecule has 0 saturated carbocycles. The summed E-state index contributed by atoms with van der Waals surface area (Å²) in [6.07, 6.45) is 1.18. The lowest BCUT2D eigenvalue weighted by Crippen LogP contribution is -2.14. The molecule has 0 aliphatic heterocycles. The van der Waals surface area contributed by atoms with Crippen LogP contribution in [0.2, 0.25) is 0 Å². The SMILES string of the molecule is C=C(C)CC(C)(C)PBCI. The molecule has 0 saturated heterocycles. The smallest absolute Gasteiger partial charge is 0.152 e. The van der Waals surface area contributed by atoms with Gasteiger partial charge in [0.25, 0.3) is 0 Å². The van der Waals surface area contributed by atoms with Gasteiger partial charge in [-0.3, -0.25) is 0 Å². The largest absolute Gasteiger partial charge is 0.160 e. The average molecular weight is 282 g/mol. The van der Waals surface area contributed by atoms with Crippen LogP contribution in [0.3, 0.4) is 0 Å². The van der Waals surface area contributed by atoms with Gasteiger partial charge < -0.3 is 0 Å². The molecule has 0 rings (SSSR count). The second-order valence-electron chi connectivity index (χ2n) is 3.63. The predicted octanol–water partition coefficient (Wildman–Crippen LogP) is 3.15. The molecule has 3 heteroatoms. The van der Waals surface area contributed by atoms with E-state index in [9.17, 15) is 0 Å². The van der Waals surface area contributed by atoms with E-state index in [1.54, 1.807) is 0 Å². The molecule has 11 heavy (non-hydrogen) atoms. The van der Waals surface area contributed by atoms with Crippen molar-refractivity contribution in [2.24, 2.45) is 0 Å². The fourth-order valence-electron chi connectivity index (χ4n) is 1.20. The van der Waals surface area contributed by atoms with E-state index in [2.05, 4.69) is 49.9 Å². The Morgan fingerprint density at radius 1 is 1.64 bits per heavy atom. The van der Waals surface area contributed by atoms with E-state index in [-0.39, 0.29) is 0 Å². The fourth-order valence-corrected chi connectivity index (χ4v) is 3.21. The van der Waals surface area contributed by atoms with Gasteiger partial charge in [-0.05, 0) is 22.8 Å². The number of halogens is 1. The molecule has 0 nitrogen and oxygen atoms in total. The summed E-state index contributed by atoms with van der Waals surface area (Å²) in [5.41, 5.74) is 1.32. The summed E-state index contributed by atoms with van der Waals surface area (Å²) in [6.45, 7) is 12.1. The fraction of sp³-hybridized carbons (Fsp3) is 0.750. The minimum absolute atomic E-state index is 0.497. The second-order valence-corrected chi connectivity index (χ2v) is 6.92. The lowest BCUT2D eigenvalue weighted by atomic mass is 10.0. The Labute approximate surface area is 86.7 Å². The maximum atomic E-state index is 3.95. The van der Waals surface area contributed by atoms with Gasteiger partial charge in [0.15, 0.2) is 7.00 Å². The quantitative estimate of drug-likeness (QED) is 0.239. The summed E-state index contributed by atoms with van der Waals surface area (Å²) in [5.74, 6) is 0. The van der Waals surface area contributed by atoms with Gasteiger partial charge in [-0.1, -0.05) is 42.0 Å². The summed E-state index contributed by atoms with van der Waals surface area (Å²) < 4.78 is 1.29. The van der Waals surface area contributed by atoms with Crippen molar-refractivity contribution in [3.05, 3.63) is 12.2 Å². The van der Waals surface area contributed by atoms with Crippen LogP contribution in [-0.4, -0.2) is 16.5 Å². The van der Waals surface area contributed by atoms with Crippen molar-refractivity contribution in [2.45, 2.75) is 32.3 Å². The van der Waals surface area contributed by atoms with E-state index in [1.807, 2.05) is 0 Å². The van der Waals surface area contributed by atoms with Crippen LogP contribution in [0.1, 0.15) is 27.2 Å². The van der Waals surface area contributed by atoms with Gasteiger partial charge in [-0.15, -0.1) is 6.58 Å². The van der Waals surface area contributed by atoms with Crippen LogP contribution in [0.15, 0.2) is 12.2 Å². The van der Waals surface area contributed by atoms with Gasteiger partial charge in [0.05, 0.1) is 0 Å².